The van der Waals surface area contributed by atoms with Crippen LogP contribution in [0, 0.1) is 5.82 Å². The van der Waals surface area contributed by atoms with Crippen molar-refractivity contribution >= 4 is 77.0 Å². The Bertz CT molecular complexity index is 2810. The van der Waals surface area contributed by atoms with E-state index in [9.17, 15) is 51.9 Å². The Morgan fingerprint density at radius 3 is 2.46 bits per heavy atom. The van der Waals surface area contributed by atoms with Gasteiger partial charge in [-0.3, -0.25) is 43.7 Å². The molecular weight excluding hydrogens is 988 g/mol. The average molecular weight is 1040 g/mol. The number of urea groups is 1. The van der Waals surface area contributed by atoms with Crippen molar-refractivity contribution in [1.82, 2.24) is 35.6 Å². The number of benzene rings is 3. The molecule has 0 spiro atoms. The van der Waals surface area contributed by atoms with Crippen molar-refractivity contribution in [1.29, 1.82) is 0 Å². The second-order valence-corrected chi connectivity index (χ2v) is 20.6. The summed E-state index contributed by atoms with van der Waals surface area (Å²) in [5.74, 6) is -2.89. The van der Waals surface area contributed by atoms with Crippen LogP contribution in [0.4, 0.5) is 29.3 Å². The number of nitrogens with two attached hydrogens (primary N) is 1. The Kier molecular flexibility index (Phi) is 15.5. The number of aromatic amines is 1. The first-order valence-electron chi connectivity index (χ1n) is 23.4. The summed E-state index contributed by atoms with van der Waals surface area (Å²) in [6, 6.07) is 10.2. The second-order valence-electron chi connectivity index (χ2n) is 18.5. The van der Waals surface area contributed by atoms with E-state index in [0.717, 1.165) is 18.2 Å². The maximum atomic E-state index is 15.3. The van der Waals surface area contributed by atoms with Gasteiger partial charge in [-0.25, -0.2) is 9.18 Å². The number of imide groups is 1. The number of aromatic nitrogens is 1. The molecule has 1 aromatic heterocycles. The van der Waals surface area contributed by atoms with Crippen molar-refractivity contribution in [2.75, 3.05) is 69.3 Å². The summed E-state index contributed by atoms with van der Waals surface area (Å²) in [6.45, 7) is 3.25. The zero-order valence-electron chi connectivity index (χ0n) is 39.1. The first-order chi connectivity index (χ1) is 34.2. The highest BCUT2D eigenvalue weighted by molar-refractivity contribution is 7.52. The molecule has 0 radical (unpaired) electrons. The molecule has 4 atom stereocenters. The summed E-state index contributed by atoms with van der Waals surface area (Å²) in [4.78, 5) is 108. The number of primary amides is 1. The van der Waals surface area contributed by atoms with Gasteiger partial charge in [-0.2, -0.15) is 8.78 Å². The molecule has 4 aliphatic rings. The summed E-state index contributed by atoms with van der Waals surface area (Å²) >= 11 is 6.95. The van der Waals surface area contributed by atoms with Gasteiger partial charge in [0.15, 0.2) is 0 Å². The third-order valence-electron chi connectivity index (χ3n) is 13.6. The topological polar surface area (TPSA) is 263 Å². The van der Waals surface area contributed by atoms with Crippen LogP contribution in [0.3, 0.4) is 0 Å². The van der Waals surface area contributed by atoms with Gasteiger partial charge in [0, 0.05) is 92.4 Å². The fourth-order valence-electron chi connectivity index (χ4n) is 9.63. The Hall–Kier alpha value is -6.23. The van der Waals surface area contributed by atoms with Gasteiger partial charge in [-0.1, -0.05) is 29.8 Å². The number of H-pyrrole nitrogens is 1. The van der Waals surface area contributed by atoms with Crippen LogP contribution in [-0.4, -0.2) is 149 Å². The van der Waals surface area contributed by atoms with Gasteiger partial charge in [0.05, 0.1) is 11.7 Å². The van der Waals surface area contributed by atoms with Crippen molar-refractivity contribution in [3.05, 3.63) is 88.3 Å². The SMILES string of the molecule is CN1CC[C@H]2CC[C@@H](C(=O)N[C@@H](CCC(N)=O)COc3cccc(N4CCN(Cc5ccc(N6CCC(=O)NC6=O)cc5F)CC4)c3Cl)N2C(=O)[C@@H](NC(=O)c2cc3cc(C(F)(F)P(=O)(O)O)ccc3[nH]2)C1. The predicted octanol–water partition coefficient (Wildman–Crippen LogP) is 3.58. The van der Waals surface area contributed by atoms with Crippen molar-refractivity contribution in [3.8, 4) is 5.75 Å². The zero-order valence-corrected chi connectivity index (χ0v) is 40.8. The number of anilines is 2. The molecule has 25 heteroatoms. The van der Waals surface area contributed by atoms with Crippen LogP contribution in [0.5, 0.6) is 5.75 Å². The lowest BCUT2D eigenvalue weighted by Crippen LogP contribution is -2.60. The number of carbonyl (C=O) groups excluding carboxylic acids is 6. The predicted molar refractivity (Wildman–Crippen MR) is 258 cm³/mol. The van der Waals surface area contributed by atoms with Gasteiger partial charge in [-0.05, 0) is 81.7 Å². The van der Waals surface area contributed by atoms with Crippen LogP contribution >= 0.6 is 19.2 Å². The Balaban J connectivity index is 0.891. The maximum absolute atomic E-state index is 15.3. The second kappa shape index (κ2) is 21.5. The number of hydrogen-bond acceptors (Lipinski definition) is 11. The first kappa shape index (κ1) is 52.1. The lowest BCUT2D eigenvalue weighted by atomic mass is 10.1. The monoisotopic (exact) mass is 1040 g/mol. The minimum Gasteiger partial charge on any atom is -0.490 e. The standard InChI is InChI=1S/C47H55ClF3N10O10P/c1-57-15-13-31-9-11-38(61(31)45(66)36(25-57)55-43(64)35-22-28-21-29(6-10-34(28)54-35)47(50,51)72(68,69)70)44(65)53-30(7-12-40(52)62)26-71-39-4-2-3-37(42(39)48)59-19-17-58(18-20-59)24-27-5-8-32(23-33(27)49)60-16-14-41(63)56-46(60)67/h2-6,8,10,21-23,30-31,36,38,54H,7,9,11-20,24-26H2,1H3,(H2,52,62)(H,53,65)(H,55,64)(H,56,63,67)(H2,68,69,70)/t30-,31+,36-,38-/m0/s1. The third kappa shape index (κ3) is 11.5. The van der Waals surface area contributed by atoms with Crippen molar-refractivity contribution < 1.29 is 61.0 Å². The van der Waals surface area contributed by atoms with E-state index in [2.05, 4.69) is 30.7 Å². The summed E-state index contributed by atoms with van der Waals surface area (Å²) in [5, 5.41) is 8.33. The normalized spacial score (nSPS) is 21.0. The minimum atomic E-state index is -5.85. The van der Waals surface area contributed by atoms with E-state index in [1.807, 2.05) is 11.0 Å². The average Bonchev–Trinajstić information content (AvgIpc) is 3.96. The number of piperazine rings is 1. The first-order valence-corrected chi connectivity index (χ1v) is 25.4. The van der Waals surface area contributed by atoms with E-state index < -0.39 is 72.4 Å². The van der Waals surface area contributed by atoms with E-state index in [1.165, 1.54) is 21.9 Å². The Morgan fingerprint density at radius 1 is 0.986 bits per heavy atom. The highest BCUT2D eigenvalue weighted by atomic mass is 35.5. The van der Waals surface area contributed by atoms with Crippen LogP contribution < -0.4 is 36.2 Å². The van der Waals surface area contributed by atoms with Crippen LogP contribution in [0.15, 0.2) is 60.7 Å². The molecule has 4 saturated heterocycles. The number of ether oxygens (including phenoxy) is 1. The molecule has 4 aliphatic heterocycles. The van der Waals surface area contributed by atoms with Gasteiger partial charge >= 0.3 is 19.3 Å². The van der Waals surface area contributed by atoms with Gasteiger partial charge in [0.2, 0.25) is 23.6 Å². The molecule has 0 aliphatic carbocycles. The van der Waals surface area contributed by atoms with Gasteiger partial charge in [0.1, 0.15) is 41.0 Å². The summed E-state index contributed by atoms with van der Waals surface area (Å²) in [6.07, 6.45) is 1.50. The summed E-state index contributed by atoms with van der Waals surface area (Å²) in [7, 11) is -4.06. The smallest absolute Gasteiger partial charge is 0.399 e. The summed E-state index contributed by atoms with van der Waals surface area (Å²) in [5.41, 5.74) is 1.76. The number of amides is 7. The lowest BCUT2D eigenvalue weighted by molar-refractivity contribution is -0.143. The molecule has 0 saturated carbocycles. The van der Waals surface area contributed by atoms with Crippen LogP contribution in [0.2, 0.25) is 5.02 Å². The number of nitrogens with zero attached hydrogens (tertiary/aromatic N) is 5. The maximum Gasteiger partial charge on any atom is 0.399 e. The Morgan fingerprint density at radius 2 is 1.75 bits per heavy atom. The van der Waals surface area contributed by atoms with Gasteiger partial charge in [0.25, 0.3) is 5.91 Å². The molecule has 4 fully saturated rings. The number of likely N-dealkylation sites (N-methyl/N-ethyl adjacent to an activating group) is 1. The van der Waals surface area contributed by atoms with Gasteiger partial charge in [-0.15, -0.1) is 0 Å². The Labute approximate surface area is 416 Å². The van der Waals surface area contributed by atoms with Crippen LogP contribution in [-0.2, 0) is 36.0 Å². The molecule has 8 rings (SSSR count). The molecular formula is C47H55ClF3N10O10P. The highest BCUT2D eigenvalue weighted by Crippen LogP contribution is 2.59. The van der Waals surface area contributed by atoms with Crippen molar-refractivity contribution in [2.24, 2.45) is 5.73 Å². The fourth-order valence-corrected chi connectivity index (χ4v) is 10.4. The van der Waals surface area contributed by atoms with E-state index in [0.29, 0.717) is 86.2 Å². The highest BCUT2D eigenvalue weighted by Gasteiger charge is 2.50. The molecule has 3 aromatic carbocycles. The van der Waals surface area contributed by atoms with Crippen molar-refractivity contribution in [3.63, 3.8) is 0 Å². The fraction of sp³-hybridized carbons (Fsp3) is 0.447. The largest absolute Gasteiger partial charge is 0.490 e. The zero-order chi connectivity index (χ0) is 51.6. The molecule has 0 unspecified atom stereocenters. The number of hydrogen-bond donors (Lipinski definition) is 7. The van der Waals surface area contributed by atoms with E-state index in [4.69, 9.17) is 22.1 Å². The van der Waals surface area contributed by atoms with Gasteiger partial charge < -0.3 is 50.6 Å². The molecule has 5 heterocycles. The lowest BCUT2D eigenvalue weighted by Gasteiger charge is -2.38. The molecule has 386 valence electrons. The number of nitrogens with one attached hydrogen (secondary N) is 4. The number of alkyl halides is 2. The molecule has 4 aromatic rings. The van der Waals surface area contributed by atoms with E-state index in [-0.39, 0.29) is 67.5 Å². The van der Waals surface area contributed by atoms with E-state index in [1.54, 1.807) is 31.3 Å². The summed E-state index contributed by atoms with van der Waals surface area (Å²) < 4.78 is 61.9. The number of rotatable bonds is 16. The number of carbonyl (C=O) groups is 6. The van der Waals surface area contributed by atoms with Crippen LogP contribution in [0.1, 0.15) is 60.1 Å². The molecule has 20 nitrogen and oxygen atoms in total. The molecule has 8 N–H and O–H groups in total. The third-order valence-corrected chi connectivity index (χ3v) is 14.9. The van der Waals surface area contributed by atoms with Crippen LogP contribution in [0.25, 0.3) is 10.9 Å². The van der Waals surface area contributed by atoms with Crippen molar-refractivity contribution in [2.45, 2.75) is 74.9 Å². The van der Waals surface area contributed by atoms with E-state index >= 15 is 4.39 Å². The quantitative estimate of drug-likeness (QED) is 0.0793. The minimum absolute atomic E-state index is 0.0764. The molecule has 7 amide bonds. The number of halogens is 4. The molecule has 72 heavy (non-hydrogen) atoms. The number of fused-ring (bicyclic) bond motifs is 2. The molecule has 0 bridgehead atoms.